The number of aryl methyl sites for hydroxylation is 1. The van der Waals surface area contributed by atoms with Gasteiger partial charge in [-0.3, -0.25) is 18.5 Å². The number of hydrogen-bond acceptors (Lipinski definition) is 6. The van der Waals surface area contributed by atoms with Gasteiger partial charge < -0.3 is 4.74 Å². The van der Waals surface area contributed by atoms with E-state index >= 15 is 0 Å². The summed E-state index contributed by atoms with van der Waals surface area (Å²) in [5.41, 5.74) is 5.44. The fourth-order valence-corrected chi connectivity index (χ4v) is 4.14. The van der Waals surface area contributed by atoms with Gasteiger partial charge in [-0.15, -0.1) is 0 Å². The van der Waals surface area contributed by atoms with E-state index in [1.54, 1.807) is 24.9 Å². The van der Waals surface area contributed by atoms with Crippen molar-refractivity contribution in [3.05, 3.63) is 122 Å². The van der Waals surface area contributed by atoms with Crippen LogP contribution in [0.3, 0.4) is 0 Å². The van der Waals surface area contributed by atoms with Crippen molar-refractivity contribution in [3.63, 3.8) is 0 Å². The van der Waals surface area contributed by atoms with Crippen molar-refractivity contribution in [2.24, 2.45) is 12.1 Å². The van der Waals surface area contributed by atoms with Gasteiger partial charge in [0.05, 0.1) is 26.4 Å². The lowest BCUT2D eigenvalue weighted by Crippen LogP contribution is -2.40. The lowest BCUT2D eigenvalue weighted by Gasteiger charge is -2.11. The molecule has 0 unspecified atom stereocenters. The zero-order valence-corrected chi connectivity index (χ0v) is 20.5. The molecule has 186 valence electrons. The van der Waals surface area contributed by atoms with Gasteiger partial charge in [-0.05, 0) is 41.0 Å². The molecule has 0 aliphatic rings. The predicted molar refractivity (Wildman–Crippen MR) is 145 cm³/mol. The summed E-state index contributed by atoms with van der Waals surface area (Å²) in [7, 11) is 3.23. The normalized spacial score (nSPS) is 11.3. The quantitative estimate of drug-likeness (QED) is 0.263. The van der Waals surface area contributed by atoms with Crippen LogP contribution in [0.15, 0.2) is 99.6 Å². The molecule has 0 atom stereocenters. The van der Waals surface area contributed by atoms with E-state index in [0.717, 1.165) is 22.4 Å². The summed E-state index contributed by atoms with van der Waals surface area (Å²) in [5.74, 6) is 1.11. The number of anilines is 1. The molecule has 0 saturated heterocycles. The first-order valence-electron chi connectivity index (χ1n) is 11.8. The van der Waals surface area contributed by atoms with Crippen LogP contribution in [0.2, 0.25) is 0 Å². The number of aromatic nitrogens is 4. The van der Waals surface area contributed by atoms with Gasteiger partial charge in [-0.1, -0.05) is 60.7 Å². The number of nitrogens with one attached hydrogen (secondary N) is 1. The summed E-state index contributed by atoms with van der Waals surface area (Å²) in [6.07, 6.45) is 1.65. The number of ether oxygens (including phenoxy) is 1. The molecule has 1 N–H and O–H groups in total. The molecular formula is C28H26N6O3. The molecule has 0 aliphatic heterocycles. The molecule has 2 aromatic heterocycles. The monoisotopic (exact) mass is 494 g/mol. The van der Waals surface area contributed by atoms with E-state index in [2.05, 4.69) is 15.5 Å². The lowest BCUT2D eigenvalue weighted by atomic mass is 10.2. The Balaban J connectivity index is 1.60. The maximum absolute atomic E-state index is 13.7. The molecule has 3 aromatic carbocycles. The third-order valence-corrected chi connectivity index (χ3v) is 6.09. The molecule has 0 fully saturated rings. The number of benzene rings is 3. The molecule has 9 nitrogen and oxygen atoms in total. The topological polar surface area (TPSA) is 95.4 Å². The molecule has 5 rings (SSSR count). The highest BCUT2D eigenvalue weighted by molar-refractivity contribution is 5.80. The second-order valence-corrected chi connectivity index (χ2v) is 8.54. The van der Waals surface area contributed by atoms with Gasteiger partial charge >= 0.3 is 5.69 Å². The van der Waals surface area contributed by atoms with Gasteiger partial charge in [0.15, 0.2) is 11.2 Å². The summed E-state index contributed by atoms with van der Waals surface area (Å²) in [6, 6.07) is 26.6. The molecule has 2 heterocycles. The molecule has 0 amide bonds. The van der Waals surface area contributed by atoms with Crippen molar-refractivity contribution in [2.45, 2.75) is 13.1 Å². The minimum atomic E-state index is -0.431. The van der Waals surface area contributed by atoms with E-state index in [9.17, 15) is 9.59 Å². The molecule has 9 heteroatoms. The number of imidazole rings is 1. The van der Waals surface area contributed by atoms with Crippen molar-refractivity contribution < 1.29 is 4.74 Å². The summed E-state index contributed by atoms with van der Waals surface area (Å²) in [5, 5.41) is 4.34. The largest absolute Gasteiger partial charge is 0.497 e. The zero-order valence-electron chi connectivity index (χ0n) is 20.5. The Hall–Kier alpha value is -4.92. The van der Waals surface area contributed by atoms with Crippen LogP contribution in [-0.2, 0) is 20.1 Å². The standard InChI is InChI=1S/C28H26N6O3/c1-32-25-24(26(35)34(28(32)36)19-22-11-7-4-8-12-22)33(18-21-9-5-3-6-10-21)27(30-25)31-29-17-20-13-15-23(37-2)16-14-20/h3-17H,18-19H2,1-2H3,(H,30,31)/b29-17+. The minimum Gasteiger partial charge on any atom is -0.497 e. The van der Waals surface area contributed by atoms with Gasteiger partial charge in [0.1, 0.15) is 5.75 Å². The molecule has 0 radical (unpaired) electrons. The molecule has 0 saturated carbocycles. The Kier molecular flexibility index (Phi) is 6.67. The average molecular weight is 495 g/mol. The highest BCUT2D eigenvalue weighted by Gasteiger charge is 2.20. The van der Waals surface area contributed by atoms with Gasteiger partial charge in [-0.25, -0.2) is 10.2 Å². The fourth-order valence-electron chi connectivity index (χ4n) is 4.14. The highest BCUT2D eigenvalue weighted by atomic mass is 16.5. The van der Waals surface area contributed by atoms with Crippen LogP contribution in [0, 0.1) is 0 Å². The van der Waals surface area contributed by atoms with Crippen LogP contribution >= 0.6 is 0 Å². The molecular weight excluding hydrogens is 468 g/mol. The Morgan fingerprint density at radius 1 is 0.865 bits per heavy atom. The summed E-state index contributed by atoms with van der Waals surface area (Å²) < 4.78 is 9.60. The minimum absolute atomic E-state index is 0.164. The third kappa shape index (κ3) is 4.92. The Bertz CT molecular complexity index is 1670. The fraction of sp³-hybridized carbons (Fsp3) is 0.143. The van der Waals surface area contributed by atoms with Crippen LogP contribution in [0.5, 0.6) is 5.75 Å². The van der Waals surface area contributed by atoms with Crippen LogP contribution < -0.4 is 21.4 Å². The maximum Gasteiger partial charge on any atom is 0.332 e. The van der Waals surface area contributed by atoms with E-state index in [1.165, 1.54) is 9.13 Å². The summed E-state index contributed by atoms with van der Waals surface area (Å²) in [4.78, 5) is 31.5. The van der Waals surface area contributed by atoms with E-state index in [-0.39, 0.29) is 12.2 Å². The number of hydrazone groups is 1. The van der Waals surface area contributed by atoms with Crippen LogP contribution in [0.1, 0.15) is 16.7 Å². The van der Waals surface area contributed by atoms with Crippen molar-refractivity contribution in [2.75, 3.05) is 12.5 Å². The van der Waals surface area contributed by atoms with Gasteiger partial charge in [-0.2, -0.15) is 10.1 Å². The molecule has 37 heavy (non-hydrogen) atoms. The molecule has 5 aromatic rings. The summed E-state index contributed by atoms with van der Waals surface area (Å²) >= 11 is 0. The number of hydrogen-bond donors (Lipinski definition) is 1. The smallest absolute Gasteiger partial charge is 0.332 e. The number of rotatable bonds is 8. The first-order chi connectivity index (χ1) is 18.0. The van der Waals surface area contributed by atoms with E-state index in [4.69, 9.17) is 4.74 Å². The zero-order chi connectivity index (χ0) is 25.8. The van der Waals surface area contributed by atoms with Crippen molar-refractivity contribution in [1.29, 1.82) is 0 Å². The van der Waals surface area contributed by atoms with Gasteiger partial charge in [0.25, 0.3) is 5.56 Å². The second-order valence-electron chi connectivity index (χ2n) is 8.54. The maximum atomic E-state index is 13.7. The van der Waals surface area contributed by atoms with Gasteiger partial charge in [0, 0.05) is 7.05 Å². The first-order valence-corrected chi connectivity index (χ1v) is 11.8. The highest BCUT2D eigenvalue weighted by Crippen LogP contribution is 2.18. The average Bonchev–Trinajstić information content (AvgIpc) is 3.29. The van der Waals surface area contributed by atoms with Crippen LogP contribution in [0.4, 0.5) is 5.95 Å². The first kappa shape index (κ1) is 23.8. The van der Waals surface area contributed by atoms with Crippen molar-refractivity contribution >= 4 is 23.3 Å². The van der Waals surface area contributed by atoms with Crippen LogP contribution in [0.25, 0.3) is 11.2 Å². The predicted octanol–water partition coefficient (Wildman–Crippen LogP) is 3.45. The van der Waals surface area contributed by atoms with E-state index in [1.807, 2.05) is 84.9 Å². The number of fused-ring (bicyclic) bond motifs is 1. The Morgan fingerprint density at radius 3 is 2.05 bits per heavy atom. The van der Waals surface area contributed by atoms with E-state index in [0.29, 0.717) is 18.0 Å². The third-order valence-electron chi connectivity index (χ3n) is 6.09. The van der Waals surface area contributed by atoms with Crippen LogP contribution in [-0.4, -0.2) is 32.0 Å². The van der Waals surface area contributed by atoms with Crippen molar-refractivity contribution in [1.82, 2.24) is 18.7 Å². The second kappa shape index (κ2) is 10.4. The Morgan fingerprint density at radius 2 is 1.46 bits per heavy atom. The Labute approximate surface area is 212 Å². The number of nitrogens with zero attached hydrogens (tertiary/aromatic N) is 5. The molecule has 0 aliphatic carbocycles. The number of methoxy groups -OCH3 is 1. The van der Waals surface area contributed by atoms with E-state index < -0.39 is 11.2 Å². The van der Waals surface area contributed by atoms with Crippen molar-refractivity contribution in [3.8, 4) is 5.75 Å². The van der Waals surface area contributed by atoms with Gasteiger partial charge in [0.2, 0.25) is 5.95 Å². The lowest BCUT2D eigenvalue weighted by molar-refractivity contribution is 0.415. The SMILES string of the molecule is COc1ccc(/C=N/Nc2nc3c(c(=O)n(Cc4ccccc4)c(=O)n3C)n2Cc2ccccc2)cc1. The summed E-state index contributed by atoms with van der Waals surface area (Å²) in [6.45, 7) is 0.535. The molecule has 0 bridgehead atoms. The molecule has 0 spiro atoms.